The van der Waals surface area contributed by atoms with Gasteiger partial charge in [0.15, 0.2) is 11.5 Å². The first-order chi connectivity index (χ1) is 17.5. The van der Waals surface area contributed by atoms with E-state index >= 15 is 0 Å². The number of sulfonamides is 1. The van der Waals surface area contributed by atoms with Crippen molar-refractivity contribution in [2.24, 2.45) is 0 Å². The largest absolute Gasteiger partial charge is 0.454 e. The number of nitrogens with zero attached hydrogens (tertiary/aromatic N) is 2. The van der Waals surface area contributed by atoms with Crippen molar-refractivity contribution in [2.75, 3.05) is 33.1 Å². The molecular weight excluding hydrogens is 480 g/mol. The minimum atomic E-state index is -3.55. The number of ketones is 1. The summed E-state index contributed by atoms with van der Waals surface area (Å²) in [6.45, 7) is 1.73. The van der Waals surface area contributed by atoms with Crippen molar-refractivity contribution in [3.05, 3.63) is 71.9 Å². The van der Waals surface area contributed by atoms with Crippen molar-refractivity contribution in [1.82, 2.24) is 9.29 Å². The lowest BCUT2D eigenvalue weighted by Gasteiger charge is -2.26. The first kappa shape index (κ1) is 23.1. The third-order valence-electron chi connectivity index (χ3n) is 7.12. The lowest BCUT2D eigenvalue weighted by atomic mass is 9.88. The highest BCUT2D eigenvalue weighted by molar-refractivity contribution is 7.89. The molecular formula is C27H26N2O6S. The zero-order valence-corrected chi connectivity index (χ0v) is 20.5. The van der Waals surface area contributed by atoms with Crippen LogP contribution < -0.4 is 9.47 Å². The van der Waals surface area contributed by atoms with Crippen LogP contribution in [0.15, 0.2) is 65.6 Å². The van der Waals surface area contributed by atoms with Crippen LogP contribution in [0, 0.1) is 0 Å². The summed E-state index contributed by atoms with van der Waals surface area (Å²) in [5.41, 5.74) is 2.65. The molecule has 0 N–H and O–H groups in total. The molecule has 0 unspecified atom stereocenters. The summed E-state index contributed by atoms with van der Waals surface area (Å²) < 4.78 is 43.4. The molecule has 1 aromatic heterocycles. The van der Waals surface area contributed by atoms with Crippen molar-refractivity contribution in [3.8, 4) is 22.8 Å². The van der Waals surface area contributed by atoms with Crippen molar-refractivity contribution in [3.63, 3.8) is 0 Å². The van der Waals surface area contributed by atoms with E-state index in [0.717, 1.165) is 24.0 Å². The van der Waals surface area contributed by atoms with E-state index in [2.05, 4.69) is 0 Å². The monoisotopic (exact) mass is 506 g/mol. The highest BCUT2D eigenvalue weighted by Crippen LogP contribution is 2.51. The molecule has 2 aromatic carbocycles. The van der Waals surface area contributed by atoms with Crippen molar-refractivity contribution in [1.29, 1.82) is 0 Å². The molecule has 2 aliphatic heterocycles. The number of Topliss-reactive ketones (excluding diaryl/α,β-unsaturated/α-hetero) is 1. The summed E-state index contributed by atoms with van der Waals surface area (Å²) >= 11 is 0. The molecule has 9 heteroatoms. The molecule has 186 valence electrons. The van der Waals surface area contributed by atoms with Gasteiger partial charge in [-0.05, 0) is 54.8 Å². The van der Waals surface area contributed by atoms with Crippen LogP contribution in [0.2, 0.25) is 0 Å². The Bertz CT molecular complexity index is 1410. The normalized spacial score (nSPS) is 18.7. The van der Waals surface area contributed by atoms with Crippen molar-refractivity contribution in [2.45, 2.75) is 29.6 Å². The van der Waals surface area contributed by atoms with E-state index in [0.29, 0.717) is 49.2 Å². The van der Waals surface area contributed by atoms with E-state index in [9.17, 15) is 13.2 Å². The lowest BCUT2D eigenvalue weighted by molar-refractivity contribution is -0.120. The maximum Gasteiger partial charge on any atom is 0.243 e. The van der Waals surface area contributed by atoms with Gasteiger partial charge >= 0.3 is 0 Å². The molecule has 1 aliphatic carbocycles. The third kappa shape index (κ3) is 4.17. The Morgan fingerprint density at radius 3 is 2.44 bits per heavy atom. The van der Waals surface area contributed by atoms with Gasteiger partial charge in [-0.15, -0.1) is 0 Å². The minimum absolute atomic E-state index is 0.137. The number of rotatable bonds is 7. The molecule has 1 saturated carbocycles. The maximum absolute atomic E-state index is 13.4. The van der Waals surface area contributed by atoms with Gasteiger partial charge in [-0.3, -0.25) is 9.78 Å². The van der Waals surface area contributed by atoms with Gasteiger partial charge in [0, 0.05) is 30.8 Å². The molecule has 0 radical (unpaired) electrons. The molecule has 36 heavy (non-hydrogen) atoms. The summed E-state index contributed by atoms with van der Waals surface area (Å²) in [4.78, 5) is 18.3. The number of benzene rings is 2. The Morgan fingerprint density at radius 2 is 1.69 bits per heavy atom. The van der Waals surface area contributed by atoms with Crippen LogP contribution in [0.1, 0.15) is 24.1 Å². The molecule has 0 amide bonds. The number of hydrogen-bond acceptors (Lipinski definition) is 7. The summed E-state index contributed by atoms with van der Waals surface area (Å²) in [5, 5.41) is 0. The summed E-state index contributed by atoms with van der Waals surface area (Å²) in [6.07, 6.45) is 1.85. The summed E-state index contributed by atoms with van der Waals surface area (Å²) in [7, 11) is -3.55. The third-order valence-corrected chi connectivity index (χ3v) is 9.03. The topological polar surface area (TPSA) is 95.0 Å². The van der Waals surface area contributed by atoms with Gasteiger partial charge in [0.1, 0.15) is 5.78 Å². The van der Waals surface area contributed by atoms with Gasteiger partial charge in [-0.1, -0.05) is 24.3 Å². The molecule has 8 nitrogen and oxygen atoms in total. The maximum atomic E-state index is 13.4. The second kappa shape index (κ2) is 8.99. The van der Waals surface area contributed by atoms with Gasteiger partial charge in [0.2, 0.25) is 16.8 Å². The van der Waals surface area contributed by atoms with E-state index in [1.165, 1.54) is 4.31 Å². The molecule has 1 saturated heterocycles. The highest BCUT2D eigenvalue weighted by Gasteiger charge is 2.51. The summed E-state index contributed by atoms with van der Waals surface area (Å²) in [5.74, 6) is 1.53. The molecule has 6 rings (SSSR count). The molecule has 2 fully saturated rings. The fourth-order valence-electron chi connectivity index (χ4n) is 4.85. The van der Waals surface area contributed by atoms with Crippen molar-refractivity contribution >= 4 is 15.8 Å². The SMILES string of the molecule is O=C(Cc1cccc(-c2ccc(S(=O)(=O)N3CCOCC3)cc2)n1)C1(c2ccc3c(c2)OCO3)CC1. The molecule has 0 spiro atoms. The highest BCUT2D eigenvalue weighted by atomic mass is 32.2. The average molecular weight is 507 g/mol. The Morgan fingerprint density at radius 1 is 0.944 bits per heavy atom. The number of pyridine rings is 1. The Kier molecular flexibility index (Phi) is 5.78. The van der Waals surface area contributed by atoms with Crippen molar-refractivity contribution < 1.29 is 27.4 Å². The number of aromatic nitrogens is 1. The number of morpholine rings is 1. The zero-order chi connectivity index (χ0) is 24.8. The standard InChI is InChI=1S/C27H26N2O6S/c30-26(27(10-11-27)20-6-9-24-25(16-20)35-18-34-24)17-21-2-1-3-23(28-21)19-4-7-22(8-5-19)36(31,32)29-12-14-33-15-13-29/h1-9,16H,10-15,17-18H2. The Balaban J connectivity index is 1.19. The smallest absolute Gasteiger partial charge is 0.243 e. The van der Waals surface area contributed by atoms with E-state index < -0.39 is 15.4 Å². The van der Waals surface area contributed by atoms with E-state index in [-0.39, 0.29) is 23.9 Å². The van der Waals surface area contributed by atoms with Crippen LogP contribution in [-0.2, 0) is 31.4 Å². The van der Waals surface area contributed by atoms with E-state index in [4.69, 9.17) is 19.2 Å². The number of carbonyl (C=O) groups excluding carboxylic acids is 1. The van der Waals surface area contributed by atoms with Crippen LogP contribution in [0.25, 0.3) is 11.3 Å². The minimum Gasteiger partial charge on any atom is -0.454 e. The molecule has 0 bridgehead atoms. The zero-order valence-electron chi connectivity index (χ0n) is 19.7. The fraction of sp³-hybridized carbons (Fsp3) is 0.333. The fourth-order valence-corrected chi connectivity index (χ4v) is 6.26. The van der Waals surface area contributed by atoms with Gasteiger partial charge in [0.05, 0.1) is 29.2 Å². The first-order valence-corrected chi connectivity index (χ1v) is 13.5. The number of fused-ring (bicyclic) bond motifs is 1. The average Bonchev–Trinajstić information content (AvgIpc) is 3.60. The van der Waals surface area contributed by atoms with Gasteiger partial charge in [-0.2, -0.15) is 4.31 Å². The van der Waals surface area contributed by atoms with Gasteiger partial charge < -0.3 is 14.2 Å². The van der Waals surface area contributed by atoms with Gasteiger partial charge in [0.25, 0.3) is 0 Å². The van der Waals surface area contributed by atoms with E-state index in [1.807, 2.05) is 36.4 Å². The van der Waals surface area contributed by atoms with Gasteiger partial charge in [-0.25, -0.2) is 8.42 Å². The van der Waals surface area contributed by atoms with Crippen LogP contribution in [-0.4, -0.2) is 56.6 Å². The van der Waals surface area contributed by atoms with Crippen LogP contribution in [0.4, 0.5) is 0 Å². The second-order valence-corrected chi connectivity index (χ2v) is 11.2. The van der Waals surface area contributed by atoms with Crippen LogP contribution in [0.5, 0.6) is 11.5 Å². The number of carbonyl (C=O) groups is 1. The lowest BCUT2D eigenvalue weighted by Crippen LogP contribution is -2.40. The predicted octanol–water partition coefficient (Wildman–Crippen LogP) is 3.34. The molecule has 0 atom stereocenters. The molecule has 3 aromatic rings. The predicted molar refractivity (Wildman–Crippen MR) is 131 cm³/mol. The van der Waals surface area contributed by atoms with Crippen LogP contribution in [0.3, 0.4) is 0 Å². The first-order valence-electron chi connectivity index (χ1n) is 12.0. The quantitative estimate of drug-likeness (QED) is 0.485. The number of ether oxygens (including phenoxy) is 3. The Hall–Kier alpha value is -3.27. The summed E-state index contributed by atoms with van der Waals surface area (Å²) in [6, 6.07) is 18.1. The Labute approximate surface area is 209 Å². The molecule has 3 aliphatic rings. The van der Waals surface area contributed by atoms with E-state index in [1.54, 1.807) is 24.3 Å². The number of hydrogen-bond donors (Lipinski definition) is 0. The molecule has 3 heterocycles. The second-order valence-electron chi connectivity index (χ2n) is 9.31. The van der Waals surface area contributed by atoms with Crippen LogP contribution >= 0.6 is 0 Å².